The van der Waals surface area contributed by atoms with Crippen LogP contribution in [-0.2, 0) is 16.0 Å². The van der Waals surface area contributed by atoms with Crippen molar-refractivity contribution in [1.82, 2.24) is 10.9 Å². The third-order valence-corrected chi connectivity index (χ3v) is 2.60. The molecule has 0 fully saturated rings. The first-order valence-electron chi connectivity index (χ1n) is 5.00. The van der Waals surface area contributed by atoms with Crippen LogP contribution in [0.2, 0.25) is 0 Å². The number of nitrogens with one attached hydrogen (secondary N) is 2. The number of rotatable bonds is 6. The van der Waals surface area contributed by atoms with E-state index in [0.29, 0.717) is 6.42 Å². The molecule has 17 heavy (non-hydrogen) atoms. The van der Waals surface area contributed by atoms with Crippen LogP contribution >= 0.6 is 15.9 Å². The van der Waals surface area contributed by atoms with Crippen molar-refractivity contribution < 1.29 is 14.7 Å². The molecule has 1 aromatic rings. The smallest absolute Gasteiger partial charge is 0.322 e. The summed E-state index contributed by atoms with van der Waals surface area (Å²) in [5.41, 5.74) is 5.70. The molecule has 0 aliphatic carbocycles. The molecular weight excluding hydrogens is 288 g/mol. The van der Waals surface area contributed by atoms with E-state index < -0.39 is 12.0 Å². The Bertz CT molecular complexity index is 384. The number of benzene rings is 1. The Hall–Kier alpha value is -1.40. The lowest BCUT2D eigenvalue weighted by Gasteiger charge is -2.14. The molecule has 0 aliphatic heterocycles. The first-order chi connectivity index (χ1) is 8.13. The third-order valence-electron chi connectivity index (χ3n) is 2.09. The van der Waals surface area contributed by atoms with Gasteiger partial charge in [-0.25, -0.2) is 5.43 Å². The number of carboxylic acids is 1. The minimum Gasteiger partial charge on any atom is -0.480 e. The molecule has 0 bridgehead atoms. The summed E-state index contributed by atoms with van der Waals surface area (Å²) in [5.74, 6) is -1.33. The number of amides is 1. The minimum absolute atomic E-state index is 0.123. The molecule has 1 amide bonds. The molecular formula is C11H13BrN2O3. The Kier molecular flexibility index (Phi) is 5.65. The summed E-state index contributed by atoms with van der Waals surface area (Å²) in [6.45, 7) is 0. The summed E-state index contributed by atoms with van der Waals surface area (Å²) in [5, 5.41) is 9.12. The molecule has 1 aromatic carbocycles. The van der Waals surface area contributed by atoms with Gasteiger partial charge in [-0.3, -0.25) is 15.0 Å². The highest BCUT2D eigenvalue weighted by atomic mass is 79.9. The quantitative estimate of drug-likeness (QED) is 0.534. The van der Waals surface area contributed by atoms with Crippen molar-refractivity contribution in [3.63, 3.8) is 0 Å². The summed E-state index contributed by atoms with van der Waals surface area (Å²) in [7, 11) is 0. The number of carboxylic acid groups (broad SMARTS) is 1. The van der Waals surface area contributed by atoms with E-state index in [1.807, 2.05) is 30.3 Å². The van der Waals surface area contributed by atoms with Crippen LogP contribution in [0.3, 0.4) is 0 Å². The monoisotopic (exact) mass is 300 g/mol. The second kappa shape index (κ2) is 7.03. The summed E-state index contributed by atoms with van der Waals surface area (Å²) in [6.07, 6.45) is 0.304. The fourth-order valence-electron chi connectivity index (χ4n) is 1.25. The van der Waals surface area contributed by atoms with E-state index in [1.54, 1.807) is 0 Å². The van der Waals surface area contributed by atoms with Crippen molar-refractivity contribution in [1.29, 1.82) is 0 Å². The number of carbonyl (C=O) groups is 2. The molecule has 0 saturated carbocycles. The zero-order valence-corrected chi connectivity index (χ0v) is 10.6. The molecule has 0 unspecified atom stereocenters. The molecule has 1 rings (SSSR count). The summed E-state index contributed by atoms with van der Waals surface area (Å²) in [4.78, 5) is 22.0. The van der Waals surface area contributed by atoms with Gasteiger partial charge in [0.1, 0.15) is 6.04 Å². The Morgan fingerprint density at radius 2 is 1.94 bits per heavy atom. The van der Waals surface area contributed by atoms with E-state index in [0.717, 1.165) is 5.56 Å². The SMILES string of the molecule is O=C(CBr)NN[C@@H](Cc1ccccc1)C(=O)O. The van der Waals surface area contributed by atoms with Crippen molar-refractivity contribution in [3.8, 4) is 0 Å². The van der Waals surface area contributed by atoms with Gasteiger partial charge in [0.15, 0.2) is 0 Å². The van der Waals surface area contributed by atoms with Crippen molar-refractivity contribution in [2.45, 2.75) is 12.5 Å². The van der Waals surface area contributed by atoms with Gasteiger partial charge in [0.25, 0.3) is 0 Å². The Morgan fingerprint density at radius 1 is 1.29 bits per heavy atom. The number of hydrazine groups is 1. The Balaban J connectivity index is 2.55. The fourth-order valence-corrected chi connectivity index (χ4v) is 1.39. The van der Waals surface area contributed by atoms with Crippen molar-refractivity contribution in [2.24, 2.45) is 0 Å². The molecule has 3 N–H and O–H groups in total. The number of carbonyl (C=O) groups excluding carboxylic acids is 1. The number of aliphatic carboxylic acids is 1. The zero-order chi connectivity index (χ0) is 12.7. The number of hydrogen-bond donors (Lipinski definition) is 3. The summed E-state index contributed by atoms with van der Waals surface area (Å²) < 4.78 is 0. The maximum atomic E-state index is 11.0. The summed E-state index contributed by atoms with van der Waals surface area (Å²) in [6, 6.07) is 8.37. The van der Waals surface area contributed by atoms with E-state index in [-0.39, 0.29) is 11.2 Å². The fraction of sp³-hybridized carbons (Fsp3) is 0.273. The Morgan fingerprint density at radius 3 is 2.47 bits per heavy atom. The van der Waals surface area contributed by atoms with Crippen molar-refractivity contribution >= 4 is 27.8 Å². The average molecular weight is 301 g/mol. The maximum Gasteiger partial charge on any atom is 0.322 e. The number of halogens is 1. The van der Waals surface area contributed by atoms with Gasteiger partial charge in [0.05, 0.1) is 5.33 Å². The standard InChI is InChI=1S/C11H13BrN2O3/c12-7-10(15)14-13-9(11(16)17)6-8-4-2-1-3-5-8/h1-5,9,13H,6-7H2,(H,14,15)(H,16,17)/t9-/m0/s1. The van der Waals surface area contributed by atoms with Crippen LogP contribution in [-0.4, -0.2) is 28.4 Å². The number of alkyl halides is 1. The van der Waals surface area contributed by atoms with Crippen molar-refractivity contribution in [3.05, 3.63) is 35.9 Å². The Labute approximate surface area is 107 Å². The molecule has 0 radical (unpaired) electrons. The van der Waals surface area contributed by atoms with Gasteiger partial charge in [0, 0.05) is 6.42 Å². The predicted octanol–water partition coefficient (Wildman–Crippen LogP) is 0.698. The van der Waals surface area contributed by atoms with Crippen LogP contribution in [0.5, 0.6) is 0 Å². The van der Waals surface area contributed by atoms with Gasteiger partial charge in [-0.1, -0.05) is 46.3 Å². The molecule has 1 atom stereocenters. The average Bonchev–Trinajstić information content (AvgIpc) is 2.34. The van der Waals surface area contributed by atoms with Crippen LogP contribution in [0.1, 0.15) is 5.56 Å². The zero-order valence-electron chi connectivity index (χ0n) is 9.02. The molecule has 6 heteroatoms. The molecule has 0 saturated heterocycles. The molecule has 5 nitrogen and oxygen atoms in total. The lowest BCUT2D eigenvalue weighted by molar-refractivity contribution is -0.140. The first-order valence-corrected chi connectivity index (χ1v) is 6.12. The van der Waals surface area contributed by atoms with E-state index in [2.05, 4.69) is 26.8 Å². The lowest BCUT2D eigenvalue weighted by atomic mass is 10.1. The third kappa shape index (κ3) is 4.97. The van der Waals surface area contributed by atoms with Gasteiger partial charge in [-0.2, -0.15) is 0 Å². The van der Waals surface area contributed by atoms with Gasteiger partial charge in [0.2, 0.25) is 5.91 Å². The maximum absolute atomic E-state index is 11.0. The van der Waals surface area contributed by atoms with Gasteiger partial charge < -0.3 is 5.11 Å². The van der Waals surface area contributed by atoms with Crippen LogP contribution in [0.4, 0.5) is 0 Å². The van der Waals surface area contributed by atoms with E-state index >= 15 is 0 Å². The highest BCUT2D eigenvalue weighted by Crippen LogP contribution is 2.02. The molecule has 0 aromatic heterocycles. The lowest BCUT2D eigenvalue weighted by Crippen LogP contribution is -2.49. The van der Waals surface area contributed by atoms with Crippen LogP contribution < -0.4 is 10.9 Å². The van der Waals surface area contributed by atoms with Gasteiger partial charge in [-0.05, 0) is 5.56 Å². The second-order valence-electron chi connectivity index (χ2n) is 3.41. The normalized spacial score (nSPS) is 11.8. The van der Waals surface area contributed by atoms with Crippen molar-refractivity contribution in [2.75, 3.05) is 5.33 Å². The topological polar surface area (TPSA) is 78.4 Å². The molecule has 0 spiro atoms. The van der Waals surface area contributed by atoms with Gasteiger partial charge in [-0.15, -0.1) is 0 Å². The molecule has 0 heterocycles. The second-order valence-corrected chi connectivity index (χ2v) is 3.97. The highest BCUT2D eigenvalue weighted by Gasteiger charge is 2.17. The van der Waals surface area contributed by atoms with E-state index in [4.69, 9.17) is 5.11 Å². The molecule has 0 aliphatic rings. The minimum atomic E-state index is -1.01. The van der Waals surface area contributed by atoms with Gasteiger partial charge >= 0.3 is 5.97 Å². The van der Waals surface area contributed by atoms with E-state index in [9.17, 15) is 9.59 Å². The van der Waals surface area contributed by atoms with Crippen LogP contribution in [0.15, 0.2) is 30.3 Å². The van der Waals surface area contributed by atoms with Crippen LogP contribution in [0, 0.1) is 0 Å². The highest BCUT2D eigenvalue weighted by molar-refractivity contribution is 9.09. The van der Waals surface area contributed by atoms with E-state index in [1.165, 1.54) is 0 Å². The largest absolute Gasteiger partial charge is 0.480 e. The first kappa shape index (κ1) is 13.7. The summed E-state index contributed by atoms with van der Waals surface area (Å²) >= 11 is 2.97. The molecule has 92 valence electrons. The number of hydrogen-bond acceptors (Lipinski definition) is 3. The van der Waals surface area contributed by atoms with Crippen LogP contribution in [0.25, 0.3) is 0 Å². The predicted molar refractivity (Wildman–Crippen MR) is 66.6 cm³/mol.